The third-order valence-corrected chi connectivity index (χ3v) is 6.24. The average Bonchev–Trinajstić information content (AvgIpc) is 3.20. The number of hydrogen-bond acceptors (Lipinski definition) is 4. The lowest BCUT2D eigenvalue weighted by Gasteiger charge is -2.11. The van der Waals surface area contributed by atoms with Crippen molar-refractivity contribution in [3.8, 4) is 0 Å². The zero-order valence-corrected chi connectivity index (χ0v) is 17.5. The van der Waals surface area contributed by atoms with E-state index in [1.165, 1.54) is 11.3 Å². The molecule has 0 aliphatic heterocycles. The van der Waals surface area contributed by atoms with Crippen LogP contribution in [0, 0.1) is 12.8 Å². The second-order valence-corrected chi connectivity index (χ2v) is 8.79. The van der Waals surface area contributed by atoms with Crippen molar-refractivity contribution in [1.82, 2.24) is 5.32 Å². The molecule has 0 saturated heterocycles. The number of thiophene rings is 1. The molecule has 2 amide bonds. The van der Waals surface area contributed by atoms with E-state index >= 15 is 0 Å². The van der Waals surface area contributed by atoms with Gasteiger partial charge in [0.05, 0.1) is 5.56 Å². The molecule has 6 nitrogen and oxygen atoms in total. The number of anilines is 1. The van der Waals surface area contributed by atoms with Gasteiger partial charge in [0.2, 0.25) is 5.91 Å². The standard InChI is InChI=1S/C22H26N2O4S/c1-13-6-8-15(9-7-13)12-23-21(28)20-16-4-3-5-17(16)29-22(20)24-18(25)10-14(2)11-19(26)27/h6-9,14H,3-5,10-12H2,1-2H3,(H,23,28)(H,24,25)(H,26,27). The maximum absolute atomic E-state index is 12.9. The minimum atomic E-state index is -0.920. The van der Waals surface area contributed by atoms with Gasteiger partial charge in [-0.1, -0.05) is 36.8 Å². The topological polar surface area (TPSA) is 95.5 Å². The summed E-state index contributed by atoms with van der Waals surface area (Å²) >= 11 is 1.46. The summed E-state index contributed by atoms with van der Waals surface area (Å²) in [4.78, 5) is 37.3. The predicted molar refractivity (Wildman–Crippen MR) is 113 cm³/mol. The fraction of sp³-hybridized carbons (Fsp3) is 0.409. The average molecular weight is 415 g/mol. The van der Waals surface area contributed by atoms with E-state index < -0.39 is 5.97 Å². The highest BCUT2D eigenvalue weighted by atomic mass is 32.1. The molecule has 29 heavy (non-hydrogen) atoms. The van der Waals surface area contributed by atoms with Gasteiger partial charge in [-0.15, -0.1) is 11.3 Å². The number of nitrogens with one attached hydrogen (secondary N) is 2. The number of carbonyl (C=O) groups excluding carboxylic acids is 2. The lowest BCUT2D eigenvalue weighted by molar-refractivity contribution is -0.138. The summed E-state index contributed by atoms with van der Waals surface area (Å²) in [7, 11) is 0. The van der Waals surface area contributed by atoms with Crippen LogP contribution in [0.3, 0.4) is 0 Å². The van der Waals surface area contributed by atoms with Crippen LogP contribution in [0.1, 0.15) is 58.1 Å². The zero-order valence-electron chi connectivity index (χ0n) is 16.7. The number of benzene rings is 1. The van der Waals surface area contributed by atoms with Gasteiger partial charge < -0.3 is 15.7 Å². The number of hydrogen-bond donors (Lipinski definition) is 3. The molecule has 3 N–H and O–H groups in total. The van der Waals surface area contributed by atoms with Gasteiger partial charge in [-0.05, 0) is 43.2 Å². The Labute approximate surface area is 174 Å². The number of amides is 2. The molecule has 7 heteroatoms. The number of aryl methyl sites for hydroxylation is 2. The molecule has 0 saturated carbocycles. The first-order chi connectivity index (χ1) is 13.8. The summed E-state index contributed by atoms with van der Waals surface area (Å²) in [5, 5.41) is 15.3. The summed E-state index contributed by atoms with van der Waals surface area (Å²) < 4.78 is 0. The van der Waals surface area contributed by atoms with Crippen LogP contribution in [0.5, 0.6) is 0 Å². The molecule has 0 radical (unpaired) electrons. The number of fused-ring (bicyclic) bond motifs is 1. The zero-order chi connectivity index (χ0) is 21.0. The second-order valence-electron chi connectivity index (χ2n) is 7.69. The maximum atomic E-state index is 12.9. The number of carbonyl (C=O) groups is 3. The van der Waals surface area contributed by atoms with Crippen molar-refractivity contribution in [3.05, 3.63) is 51.4 Å². The van der Waals surface area contributed by atoms with Crippen molar-refractivity contribution in [1.29, 1.82) is 0 Å². The molecule has 2 aromatic rings. The Balaban J connectivity index is 1.70. The minimum Gasteiger partial charge on any atom is -0.481 e. The molecular weight excluding hydrogens is 388 g/mol. The Bertz CT molecular complexity index is 918. The van der Waals surface area contributed by atoms with Crippen LogP contribution in [-0.4, -0.2) is 22.9 Å². The van der Waals surface area contributed by atoms with E-state index in [1.807, 2.05) is 31.2 Å². The molecule has 0 bridgehead atoms. The van der Waals surface area contributed by atoms with Crippen LogP contribution in [-0.2, 0) is 29.0 Å². The molecule has 1 aromatic heterocycles. The van der Waals surface area contributed by atoms with Crippen LogP contribution < -0.4 is 10.6 Å². The Hall–Kier alpha value is -2.67. The van der Waals surface area contributed by atoms with E-state index in [0.29, 0.717) is 17.1 Å². The predicted octanol–water partition coefficient (Wildman–Crippen LogP) is 3.91. The smallest absolute Gasteiger partial charge is 0.303 e. The van der Waals surface area contributed by atoms with E-state index in [4.69, 9.17) is 5.11 Å². The van der Waals surface area contributed by atoms with Crippen molar-refractivity contribution in [2.24, 2.45) is 5.92 Å². The van der Waals surface area contributed by atoms with Gasteiger partial charge in [0.1, 0.15) is 5.00 Å². The molecule has 1 atom stereocenters. The third kappa shape index (κ3) is 5.44. The van der Waals surface area contributed by atoms with Gasteiger partial charge in [-0.3, -0.25) is 14.4 Å². The Morgan fingerprint density at radius 3 is 2.55 bits per heavy atom. The van der Waals surface area contributed by atoms with Gasteiger partial charge in [-0.25, -0.2) is 0 Å². The van der Waals surface area contributed by atoms with E-state index in [9.17, 15) is 14.4 Å². The van der Waals surface area contributed by atoms with E-state index in [-0.39, 0.29) is 30.6 Å². The fourth-order valence-electron chi connectivity index (χ4n) is 3.57. The molecule has 0 fully saturated rings. The Kier molecular flexibility index (Phi) is 6.69. The normalized spacial score (nSPS) is 13.6. The van der Waals surface area contributed by atoms with Gasteiger partial charge in [0.25, 0.3) is 5.91 Å². The summed E-state index contributed by atoms with van der Waals surface area (Å²) in [5.41, 5.74) is 3.78. The number of carboxylic acid groups (broad SMARTS) is 1. The summed E-state index contributed by atoms with van der Waals surface area (Å²) in [5.74, 6) is -1.63. The summed E-state index contributed by atoms with van der Waals surface area (Å²) in [6, 6.07) is 7.99. The molecule has 1 aliphatic carbocycles. The molecule has 3 rings (SSSR count). The maximum Gasteiger partial charge on any atom is 0.303 e. The van der Waals surface area contributed by atoms with Gasteiger partial charge in [0, 0.05) is 24.3 Å². The van der Waals surface area contributed by atoms with Gasteiger partial charge in [0.15, 0.2) is 0 Å². The summed E-state index contributed by atoms with van der Waals surface area (Å²) in [6.07, 6.45) is 2.83. The molecule has 1 unspecified atom stereocenters. The number of carboxylic acids is 1. The first-order valence-electron chi connectivity index (χ1n) is 9.83. The van der Waals surface area contributed by atoms with E-state index in [0.717, 1.165) is 40.8 Å². The third-order valence-electron chi connectivity index (χ3n) is 5.03. The van der Waals surface area contributed by atoms with Crippen LogP contribution in [0.15, 0.2) is 24.3 Å². The molecule has 154 valence electrons. The van der Waals surface area contributed by atoms with Gasteiger partial charge in [-0.2, -0.15) is 0 Å². The number of aliphatic carboxylic acids is 1. The SMILES string of the molecule is Cc1ccc(CNC(=O)c2c(NC(=O)CC(C)CC(=O)O)sc3c2CCC3)cc1. The van der Waals surface area contributed by atoms with E-state index in [1.54, 1.807) is 6.92 Å². The van der Waals surface area contributed by atoms with Crippen molar-refractivity contribution >= 4 is 34.1 Å². The van der Waals surface area contributed by atoms with Crippen molar-refractivity contribution in [2.75, 3.05) is 5.32 Å². The largest absolute Gasteiger partial charge is 0.481 e. The Morgan fingerprint density at radius 1 is 1.14 bits per heavy atom. The minimum absolute atomic E-state index is 0.0573. The van der Waals surface area contributed by atoms with Crippen LogP contribution >= 0.6 is 11.3 Å². The fourth-order valence-corrected chi connectivity index (χ4v) is 4.88. The molecule has 0 spiro atoms. The second kappa shape index (κ2) is 9.22. The monoisotopic (exact) mass is 414 g/mol. The van der Waals surface area contributed by atoms with Gasteiger partial charge >= 0.3 is 5.97 Å². The quantitative estimate of drug-likeness (QED) is 0.610. The molecular formula is C22H26N2O4S. The van der Waals surface area contributed by atoms with Crippen molar-refractivity contribution < 1.29 is 19.5 Å². The molecule has 1 heterocycles. The van der Waals surface area contributed by atoms with Crippen LogP contribution in [0.2, 0.25) is 0 Å². The highest BCUT2D eigenvalue weighted by Gasteiger charge is 2.27. The number of rotatable bonds is 8. The lowest BCUT2D eigenvalue weighted by Crippen LogP contribution is -2.25. The van der Waals surface area contributed by atoms with E-state index in [2.05, 4.69) is 10.6 Å². The first-order valence-corrected chi connectivity index (χ1v) is 10.6. The Morgan fingerprint density at radius 2 is 1.86 bits per heavy atom. The van der Waals surface area contributed by atoms with Crippen LogP contribution in [0.25, 0.3) is 0 Å². The highest BCUT2D eigenvalue weighted by molar-refractivity contribution is 7.17. The lowest BCUT2D eigenvalue weighted by atomic mass is 10.0. The molecule has 1 aliphatic rings. The van der Waals surface area contributed by atoms with Crippen molar-refractivity contribution in [2.45, 2.75) is 52.5 Å². The highest BCUT2D eigenvalue weighted by Crippen LogP contribution is 2.39. The first kappa shape index (κ1) is 21.0. The summed E-state index contributed by atoms with van der Waals surface area (Å²) in [6.45, 7) is 4.17. The van der Waals surface area contributed by atoms with Crippen LogP contribution in [0.4, 0.5) is 5.00 Å². The molecule has 1 aromatic carbocycles. The van der Waals surface area contributed by atoms with Crippen molar-refractivity contribution in [3.63, 3.8) is 0 Å².